The molecule has 1 aromatic carbocycles. The van der Waals surface area contributed by atoms with Gasteiger partial charge in [-0.2, -0.15) is 5.10 Å². The topological polar surface area (TPSA) is 27.1 Å². The molecule has 0 radical (unpaired) electrons. The minimum absolute atomic E-state index is 0.558. The van der Waals surface area contributed by atoms with Crippen molar-refractivity contribution >= 4 is 17.4 Å². The predicted octanol–water partition coefficient (Wildman–Crippen LogP) is 3.20. The molecule has 0 bridgehead atoms. The van der Waals surface area contributed by atoms with Gasteiger partial charge in [0, 0.05) is 11.2 Å². The lowest BCUT2D eigenvalue weighted by Crippen LogP contribution is -2.01. The van der Waals surface area contributed by atoms with Crippen LogP contribution in [0.4, 0.5) is 0 Å². The van der Waals surface area contributed by atoms with Crippen molar-refractivity contribution in [1.82, 2.24) is 9.78 Å². The van der Waals surface area contributed by atoms with Crippen molar-refractivity contribution in [3.8, 4) is 0 Å². The number of hydrogen-bond donors (Lipinski definition) is 0. The molecule has 0 aliphatic rings. The second-order valence-electron chi connectivity index (χ2n) is 3.62. The van der Waals surface area contributed by atoms with Crippen molar-refractivity contribution in [2.24, 2.45) is 0 Å². The molecule has 0 amide bonds. The van der Waals surface area contributed by atoms with Gasteiger partial charge < -0.3 is 4.74 Å². The molecule has 0 fully saturated rings. The second-order valence-corrected chi connectivity index (χ2v) is 4.02. The van der Waals surface area contributed by atoms with Gasteiger partial charge in [0.15, 0.2) is 0 Å². The standard InChI is InChI=1S/C13H13ClN2O/c1-10(17-2)13-7-8-16(15-13)9-11-5-3-4-6-12(11)14/h3-8H,1,9H2,2H3. The van der Waals surface area contributed by atoms with E-state index in [0.717, 1.165) is 16.3 Å². The van der Waals surface area contributed by atoms with Gasteiger partial charge >= 0.3 is 0 Å². The lowest BCUT2D eigenvalue weighted by molar-refractivity contribution is 0.369. The Labute approximate surface area is 105 Å². The molecule has 0 unspecified atom stereocenters. The Morgan fingerprint density at radius 3 is 2.88 bits per heavy atom. The molecule has 17 heavy (non-hydrogen) atoms. The third-order valence-electron chi connectivity index (χ3n) is 2.46. The van der Waals surface area contributed by atoms with Crippen LogP contribution in [0.5, 0.6) is 0 Å². The average molecular weight is 249 g/mol. The number of hydrogen-bond acceptors (Lipinski definition) is 2. The van der Waals surface area contributed by atoms with Gasteiger partial charge in [0.25, 0.3) is 0 Å². The van der Waals surface area contributed by atoms with Crippen molar-refractivity contribution in [3.05, 3.63) is 59.4 Å². The zero-order valence-corrected chi connectivity index (χ0v) is 10.3. The van der Waals surface area contributed by atoms with Crippen LogP contribution >= 0.6 is 11.6 Å². The van der Waals surface area contributed by atoms with E-state index < -0.39 is 0 Å². The molecule has 1 heterocycles. The van der Waals surface area contributed by atoms with E-state index in [1.807, 2.05) is 36.5 Å². The second kappa shape index (κ2) is 5.06. The number of rotatable bonds is 4. The zero-order valence-electron chi connectivity index (χ0n) is 9.56. The van der Waals surface area contributed by atoms with Crippen LogP contribution in [0.2, 0.25) is 5.02 Å². The third-order valence-corrected chi connectivity index (χ3v) is 2.83. The van der Waals surface area contributed by atoms with Crippen LogP contribution in [0.3, 0.4) is 0 Å². The van der Waals surface area contributed by atoms with Gasteiger partial charge in [-0.3, -0.25) is 4.68 Å². The van der Waals surface area contributed by atoms with Crippen LogP contribution in [0.25, 0.3) is 5.76 Å². The van der Waals surface area contributed by atoms with E-state index in [1.54, 1.807) is 11.8 Å². The zero-order chi connectivity index (χ0) is 12.3. The molecular weight excluding hydrogens is 236 g/mol. The van der Waals surface area contributed by atoms with Gasteiger partial charge in [-0.1, -0.05) is 36.4 Å². The van der Waals surface area contributed by atoms with E-state index in [1.165, 1.54) is 0 Å². The first-order valence-corrected chi connectivity index (χ1v) is 5.58. The fourth-order valence-electron chi connectivity index (χ4n) is 1.50. The van der Waals surface area contributed by atoms with E-state index in [2.05, 4.69) is 11.7 Å². The average Bonchev–Trinajstić information content (AvgIpc) is 2.80. The highest BCUT2D eigenvalue weighted by Crippen LogP contribution is 2.17. The van der Waals surface area contributed by atoms with Gasteiger partial charge in [-0.25, -0.2) is 0 Å². The molecule has 0 saturated heterocycles. The first-order valence-electron chi connectivity index (χ1n) is 5.21. The summed E-state index contributed by atoms with van der Waals surface area (Å²) >= 11 is 6.09. The Kier molecular flexibility index (Phi) is 3.49. The van der Waals surface area contributed by atoms with Crippen LogP contribution in [0.1, 0.15) is 11.3 Å². The summed E-state index contributed by atoms with van der Waals surface area (Å²) in [7, 11) is 1.58. The van der Waals surface area contributed by atoms with E-state index in [-0.39, 0.29) is 0 Å². The fraction of sp³-hybridized carbons (Fsp3) is 0.154. The van der Waals surface area contributed by atoms with Crippen LogP contribution in [0.15, 0.2) is 43.1 Å². The molecule has 2 rings (SSSR count). The lowest BCUT2D eigenvalue weighted by Gasteiger charge is -2.04. The van der Waals surface area contributed by atoms with Crippen molar-refractivity contribution < 1.29 is 4.74 Å². The minimum Gasteiger partial charge on any atom is -0.495 e. The summed E-state index contributed by atoms with van der Waals surface area (Å²) in [6.45, 7) is 4.39. The van der Waals surface area contributed by atoms with Crippen LogP contribution in [-0.2, 0) is 11.3 Å². The van der Waals surface area contributed by atoms with Crippen molar-refractivity contribution in [1.29, 1.82) is 0 Å². The molecule has 3 nitrogen and oxygen atoms in total. The summed E-state index contributed by atoms with van der Waals surface area (Å²) < 4.78 is 6.83. The first-order chi connectivity index (χ1) is 8.20. The Morgan fingerprint density at radius 2 is 2.18 bits per heavy atom. The lowest BCUT2D eigenvalue weighted by atomic mass is 10.2. The Balaban J connectivity index is 2.17. The molecule has 0 saturated carbocycles. The maximum absolute atomic E-state index is 6.09. The highest BCUT2D eigenvalue weighted by atomic mass is 35.5. The quantitative estimate of drug-likeness (QED) is 0.777. The van der Waals surface area contributed by atoms with Crippen molar-refractivity contribution in [2.45, 2.75) is 6.54 Å². The highest BCUT2D eigenvalue weighted by molar-refractivity contribution is 6.31. The Bertz CT molecular complexity index is 534. The molecule has 2 aromatic rings. The normalized spacial score (nSPS) is 10.2. The number of methoxy groups -OCH3 is 1. The summed E-state index contributed by atoms with van der Waals surface area (Å²) in [6.07, 6.45) is 1.88. The van der Waals surface area contributed by atoms with Crippen LogP contribution in [0, 0.1) is 0 Å². The van der Waals surface area contributed by atoms with Crippen molar-refractivity contribution in [3.63, 3.8) is 0 Å². The van der Waals surface area contributed by atoms with Gasteiger partial charge in [0.2, 0.25) is 0 Å². The number of nitrogens with zero attached hydrogens (tertiary/aromatic N) is 2. The van der Waals surface area contributed by atoms with Crippen LogP contribution < -0.4 is 0 Å². The van der Waals surface area contributed by atoms with Crippen molar-refractivity contribution in [2.75, 3.05) is 7.11 Å². The van der Waals surface area contributed by atoms with Gasteiger partial charge in [0.05, 0.1) is 13.7 Å². The summed E-state index contributed by atoms with van der Waals surface area (Å²) in [5, 5.41) is 5.10. The summed E-state index contributed by atoms with van der Waals surface area (Å²) in [5.74, 6) is 0.558. The SMILES string of the molecule is C=C(OC)c1ccn(Cc2ccccc2Cl)n1. The van der Waals surface area contributed by atoms with Gasteiger partial charge in [-0.05, 0) is 17.7 Å². The van der Waals surface area contributed by atoms with E-state index in [4.69, 9.17) is 16.3 Å². The minimum atomic E-state index is 0.558. The molecule has 0 spiro atoms. The molecule has 1 aromatic heterocycles. The number of ether oxygens (including phenoxy) is 1. The summed E-state index contributed by atoms with van der Waals surface area (Å²) in [4.78, 5) is 0. The van der Waals surface area contributed by atoms with E-state index in [0.29, 0.717) is 12.3 Å². The smallest absolute Gasteiger partial charge is 0.139 e. The number of benzene rings is 1. The fourth-order valence-corrected chi connectivity index (χ4v) is 1.70. The maximum Gasteiger partial charge on any atom is 0.139 e. The molecule has 88 valence electrons. The monoisotopic (exact) mass is 248 g/mol. The molecule has 0 atom stereocenters. The van der Waals surface area contributed by atoms with Gasteiger partial charge in [0.1, 0.15) is 11.5 Å². The largest absolute Gasteiger partial charge is 0.495 e. The highest BCUT2D eigenvalue weighted by Gasteiger charge is 2.05. The number of halogens is 1. The summed E-state index contributed by atoms with van der Waals surface area (Å²) in [6, 6.07) is 9.58. The predicted molar refractivity (Wildman–Crippen MR) is 68.8 cm³/mol. The molecule has 0 aliphatic carbocycles. The van der Waals surface area contributed by atoms with E-state index in [9.17, 15) is 0 Å². The third kappa shape index (κ3) is 2.68. The summed E-state index contributed by atoms with van der Waals surface area (Å²) in [5.41, 5.74) is 1.77. The maximum atomic E-state index is 6.09. The van der Waals surface area contributed by atoms with E-state index >= 15 is 0 Å². The molecule has 0 aliphatic heterocycles. The molecule has 0 N–H and O–H groups in total. The Morgan fingerprint density at radius 1 is 1.41 bits per heavy atom. The van der Waals surface area contributed by atoms with Crippen LogP contribution in [-0.4, -0.2) is 16.9 Å². The van der Waals surface area contributed by atoms with Gasteiger partial charge in [-0.15, -0.1) is 0 Å². The first kappa shape index (κ1) is 11.7. The Hall–Kier alpha value is -1.74. The number of aromatic nitrogens is 2. The molecule has 4 heteroatoms. The molecular formula is C13H13ClN2O.